The lowest BCUT2D eigenvalue weighted by molar-refractivity contribution is -0.119. The molecule has 3 rings (SSSR count). The molecule has 0 fully saturated rings. The van der Waals surface area contributed by atoms with Gasteiger partial charge >= 0.3 is 0 Å². The molecular weight excluding hydrogens is 422 g/mol. The van der Waals surface area contributed by atoms with Crippen LogP contribution in [0.25, 0.3) is 0 Å². The van der Waals surface area contributed by atoms with E-state index in [1.807, 2.05) is 25.1 Å². The summed E-state index contributed by atoms with van der Waals surface area (Å²) in [6.07, 6.45) is 1.41. The maximum Gasteiger partial charge on any atom is 0.247 e. The molecule has 1 unspecified atom stereocenters. The van der Waals surface area contributed by atoms with Gasteiger partial charge in [0.15, 0.2) is 5.16 Å². The Morgan fingerprint density at radius 1 is 1.27 bits per heavy atom. The van der Waals surface area contributed by atoms with Crippen LogP contribution in [-0.4, -0.2) is 33.5 Å². The number of thioether (sulfide) groups is 1. The molecule has 3 N–H and O–H groups in total. The maximum atomic E-state index is 13.0. The number of anilines is 2. The Kier molecular flexibility index (Phi) is 7.59. The lowest BCUT2D eigenvalue weighted by atomic mass is 10.2. The highest BCUT2D eigenvalue weighted by Crippen LogP contribution is 2.29. The molecule has 1 amide bonds. The quantitative estimate of drug-likeness (QED) is 0.472. The fourth-order valence-corrected chi connectivity index (χ4v) is 4.28. The first-order valence-corrected chi connectivity index (χ1v) is 10.9. The SMILES string of the molecule is CCC(C(=O)Nc1ccc(OC)c(Cl)c1)n1c(N)nnc1SCCc1ccccc1. The molecule has 0 saturated carbocycles. The van der Waals surface area contributed by atoms with Crippen molar-refractivity contribution >= 4 is 40.9 Å². The van der Waals surface area contributed by atoms with Crippen molar-refractivity contribution in [2.45, 2.75) is 31.0 Å². The normalized spacial score (nSPS) is 11.8. The van der Waals surface area contributed by atoms with E-state index in [1.54, 1.807) is 29.9 Å². The van der Waals surface area contributed by atoms with Gasteiger partial charge in [-0.1, -0.05) is 60.6 Å². The van der Waals surface area contributed by atoms with Crippen molar-refractivity contribution in [3.05, 3.63) is 59.1 Å². The monoisotopic (exact) mass is 445 g/mol. The van der Waals surface area contributed by atoms with Crippen LogP contribution in [-0.2, 0) is 11.2 Å². The number of nitrogens with zero attached hydrogens (tertiary/aromatic N) is 3. The Morgan fingerprint density at radius 3 is 2.70 bits per heavy atom. The van der Waals surface area contributed by atoms with Crippen LogP contribution in [0, 0.1) is 0 Å². The average molecular weight is 446 g/mol. The number of nitrogens with two attached hydrogens (primary N) is 1. The van der Waals surface area contributed by atoms with Crippen LogP contribution in [0.5, 0.6) is 5.75 Å². The highest BCUT2D eigenvalue weighted by atomic mass is 35.5. The van der Waals surface area contributed by atoms with Gasteiger partial charge in [0, 0.05) is 11.4 Å². The number of rotatable bonds is 9. The molecule has 1 aromatic heterocycles. The average Bonchev–Trinajstić information content (AvgIpc) is 3.10. The Bertz CT molecular complexity index is 996. The lowest BCUT2D eigenvalue weighted by Gasteiger charge is -2.19. The molecule has 0 aliphatic heterocycles. The second kappa shape index (κ2) is 10.4. The van der Waals surface area contributed by atoms with Crippen molar-refractivity contribution in [3.8, 4) is 5.75 Å². The second-order valence-electron chi connectivity index (χ2n) is 6.56. The summed E-state index contributed by atoms with van der Waals surface area (Å²) >= 11 is 7.69. The van der Waals surface area contributed by atoms with Crippen LogP contribution in [0.4, 0.5) is 11.6 Å². The number of carbonyl (C=O) groups is 1. The summed E-state index contributed by atoms with van der Waals surface area (Å²) in [6.45, 7) is 1.92. The highest BCUT2D eigenvalue weighted by Gasteiger charge is 2.25. The summed E-state index contributed by atoms with van der Waals surface area (Å²) in [5.74, 6) is 1.35. The van der Waals surface area contributed by atoms with Gasteiger partial charge in [0.1, 0.15) is 11.8 Å². The Morgan fingerprint density at radius 2 is 2.03 bits per heavy atom. The van der Waals surface area contributed by atoms with E-state index >= 15 is 0 Å². The van der Waals surface area contributed by atoms with Gasteiger partial charge in [-0.2, -0.15) is 0 Å². The summed E-state index contributed by atoms with van der Waals surface area (Å²) < 4.78 is 6.84. The fourth-order valence-electron chi connectivity index (χ4n) is 3.04. The van der Waals surface area contributed by atoms with E-state index in [-0.39, 0.29) is 11.9 Å². The second-order valence-corrected chi connectivity index (χ2v) is 8.03. The standard InChI is InChI=1S/C21H24ClN5O2S/c1-3-17(19(28)24-15-9-10-18(29-2)16(22)13-15)27-20(23)25-26-21(27)30-12-11-14-7-5-4-6-8-14/h4-10,13,17H,3,11-12H2,1-2H3,(H2,23,25)(H,24,28). The zero-order valence-electron chi connectivity index (χ0n) is 16.8. The van der Waals surface area contributed by atoms with Gasteiger partial charge in [0.2, 0.25) is 11.9 Å². The number of benzene rings is 2. The topological polar surface area (TPSA) is 95.1 Å². The Hall–Kier alpha value is -2.71. The van der Waals surface area contributed by atoms with Gasteiger partial charge in [-0.3, -0.25) is 9.36 Å². The van der Waals surface area contributed by atoms with E-state index in [0.717, 1.165) is 12.2 Å². The molecule has 1 atom stereocenters. The Labute approximate surface area is 185 Å². The minimum Gasteiger partial charge on any atom is -0.495 e. The van der Waals surface area contributed by atoms with Gasteiger partial charge in [-0.15, -0.1) is 10.2 Å². The minimum atomic E-state index is -0.542. The molecule has 7 nitrogen and oxygen atoms in total. The number of hydrogen-bond donors (Lipinski definition) is 2. The molecule has 9 heteroatoms. The molecule has 3 aromatic rings. The predicted molar refractivity (Wildman–Crippen MR) is 121 cm³/mol. The fraction of sp³-hybridized carbons (Fsp3) is 0.286. The number of methoxy groups -OCH3 is 1. The number of halogens is 1. The van der Waals surface area contributed by atoms with Gasteiger partial charge in [-0.05, 0) is 36.6 Å². The molecule has 0 aliphatic rings. The van der Waals surface area contributed by atoms with Crippen LogP contribution in [0.2, 0.25) is 5.02 Å². The molecule has 0 spiro atoms. The van der Waals surface area contributed by atoms with E-state index < -0.39 is 6.04 Å². The third-order valence-electron chi connectivity index (χ3n) is 4.58. The number of aromatic nitrogens is 3. The van der Waals surface area contributed by atoms with E-state index in [1.165, 1.54) is 17.3 Å². The van der Waals surface area contributed by atoms with Gasteiger partial charge in [-0.25, -0.2) is 0 Å². The smallest absolute Gasteiger partial charge is 0.247 e. The van der Waals surface area contributed by atoms with Crippen molar-refractivity contribution in [2.75, 3.05) is 23.9 Å². The number of amides is 1. The first-order valence-electron chi connectivity index (χ1n) is 9.55. The van der Waals surface area contributed by atoms with Crippen LogP contribution >= 0.6 is 23.4 Å². The highest BCUT2D eigenvalue weighted by molar-refractivity contribution is 7.99. The summed E-state index contributed by atoms with van der Waals surface area (Å²) in [5, 5.41) is 12.1. The van der Waals surface area contributed by atoms with Crippen LogP contribution < -0.4 is 15.8 Å². The maximum absolute atomic E-state index is 13.0. The zero-order chi connectivity index (χ0) is 21.5. The van der Waals surface area contributed by atoms with E-state index in [0.29, 0.717) is 28.0 Å². The number of nitrogen functional groups attached to an aromatic ring is 1. The minimum absolute atomic E-state index is 0.213. The molecule has 0 radical (unpaired) electrons. The number of hydrogen-bond acceptors (Lipinski definition) is 6. The molecule has 0 bridgehead atoms. The molecule has 1 heterocycles. The molecule has 0 aliphatic carbocycles. The number of ether oxygens (including phenoxy) is 1. The van der Waals surface area contributed by atoms with Crippen molar-refractivity contribution in [3.63, 3.8) is 0 Å². The van der Waals surface area contributed by atoms with Crippen LogP contribution in [0.3, 0.4) is 0 Å². The molecule has 2 aromatic carbocycles. The third kappa shape index (κ3) is 5.25. The van der Waals surface area contributed by atoms with Crippen LogP contribution in [0.15, 0.2) is 53.7 Å². The number of nitrogens with one attached hydrogen (secondary N) is 1. The summed E-state index contributed by atoms with van der Waals surface area (Å²) in [6, 6.07) is 14.7. The van der Waals surface area contributed by atoms with E-state index in [4.69, 9.17) is 22.1 Å². The van der Waals surface area contributed by atoms with Crippen LogP contribution in [0.1, 0.15) is 24.9 Å². The van der Waals surface area contributed by atoms with Gasteiger partial charge < -0.3 is 15.8 Å². The zero-order valence-corrected chi connectivity index (χ0v) is 18.4. The molecule has 0 saturated heterocycles. The number of aryl methyl sites for hydroxylation is 1. The predicted octanol–water partition coefficient (Wildman–Crippen LogP) is 4.45. The van der Waals surface area contributed by atoms with Crippen molar-refractivity contribution in [1.82, 2.24) is 14.8 Å². The van der Waals surface area contributed by atoms with Crippen molar-refractivity contribution < 1.29 is 9.53 Å². The summed E-state index contributed by atoms with van der Waals surface area (Å²) in [7, 11) is 1.54. The van der Waals surface area contributed by atoms with Gasteiger partial charge in [0.25, 0.3) is 0 Å². The van der Waals surface area contributed by atoms with E-state index in [2.05, 4.69) is 27.6 Å². The molecule has 30 heavy (non-hydrogen) atoms. The van der Waals surface area contributed by atoms with Gasteiger partial charge in [0.05, 0.1) is 12.1 Å². The molecule has 158 valence electrons. The largest absolute Gasteiger partial charge is 0.495 e. The summed E-state index contributed by atoms with van der Waals surface area (Å²) in [4.78, 5) is 13.0. The first-order chi connectivity index (χ1) is 14.5. The first kappa shape index (κ1) is 22.0. The third-order valence-corrected chi connectivity index (χ3v) is 5.82. The number of carbonyl (C=O) groups excluding carboxylic acids is 1. The van der Waals surface area contributed by atoms with Crippen molar-refractivity contribution in [2.24, 2.45) is 0 Å². The molecular formula is C21H24ClN5O2S. The Balaban J connectivity index is 1.71. The van der Waals surface area contributed by atoms with E-state index in [9.17, 15) is 4.79 Å². The van der Waals surface area contributed by atoms with Crippen molar-refractivity contribution in [1.29, 1.82) is 0 Å². The lowest BCUT2D eigenvalue weighted by Crippen LogP contribution is -2.27. The summed E-state index contributed by atoms with van der Waals surface area (Å²) in [5.41, 5.74) is 7.87.